The molecule has 2 rings (SSSR count). The fourth-order valence-corrected chi connectivity index (χ4v) is 2.47. The molecule has 0 radical (unpaired) electrons. The zero-order valence-corrected chi connectivity index (χ0v) is 11.1. The summed E-state index contributed by atoms with van der Waals surface area (Å²) in [5, 5.41) is 3.33. The van der Waals surface area contributed by atoms with E-state index in [0.29, 0.717) is 5.91 Å². The van der Waals surface area contributed by atoms with Crippen LogP contribution in [0.1, 0.15) is 32.6 Å². The van der Waals surface area contributed by atoms with Crippen molar-refractivity contribution >= 4 is 18.3 Å². The average Bonchev–Trinajstić information content (AvgIpc) is 3.01. The maximum absolute atomic E-state index is 12.3. The van der Waals surface area contributed by atoms with Gasteiger partial charge in [0.1, 0.15) is 0 Å². The molecule has 94 valence electrons. The second kappa shape index (κ2) is 5.37. The van der Waals surface area contributed by atoms with Crippen molar-refractivity contribution < 1.29 is 4.79 Å². The SMILES string of the molecule is CN(CC1CC1)C(=O)C1(C)CCCNC1.Cl. The first-order chi connectivity index (χ1) is 7.12. The molecule has 0 aromatic rings. The van der Waals surface area contributed by atoms with Crippen molar-refractivity contribution in [1.82, 2.24) is 10.2 Å². The van der Waals surface area contributed by atoms with Crippen LogP contribution >= 0.6 is 12.4 Å². The van der Waals surface area contributed by atoms with Crippen LogP contribution in [-0.4, -0.2) is 37.5 Å². The monoisotopic (exact) mass is 246 g/mol. The highest BCUT2D eigenvalue weighted by molar-refractivity contribution is 5.85. The van der Waals surface area contributed by atoms with Gasteiger partial charge in [-0.05, 0) is 45.1 Å². The van der Waals surface area contributed by atoms with Crippen LogP contribution in [0.5, 0.6) is 0 Å². The second-order valence-corrected chi connectivity index (χ2v) is 5.47. The third-order valence-electron chi connectivity index (χ3n) is 3.69. The lowest BCUT2D eigenvalue weighted by molar-refractivity contribution is -0.141. The van der Waals surface area contributed by atoms with Crippen LogP contribution in [-0.2, 0) is 4.79 Å². The van der Waals surface area contributed by atoms with Gasteiger partial charge < -0.3 is 10.2 Å². The Balaban J connectivity index is 0.00000128. The van der Waals surface area contributed by atoms with Gasteiger partial charge in [0.25, 0.3) is 0 Å². The van der Waals surface area contributed by atoms with Crippen LogP contribution in [0.3, 0.4) is 0 Å². The largest absolute Gasteiger partial charge is 0.345 e. The molecule has 3 nitrogen and oxygen atoms in total. The quantitative estimate of drug-likeness (QED) is 0.822. The molecule has 1 aliphatic carbocycles. The predicted molar refractivity (Wildman–Crippen MR) is 67.8 cm³/mol. The van der Waals surface area contributed by atoms with E-state index < -0.39 is 0 Å². The summed E-state index contributed by atoms with van der Waals surface area (Å²) in [6, 6.07) is 0. The highest BCUT2D eigenvalue weighted by Gasteiger charge is 2.37. The van der Waals surface area contributed by atoms with Gasteiger partial charge in [-0.25, -0.2) is 0 Å². The Labute approximate surface area is 104 Å². The number of carbonyl (C=O) groups excluding carboxylic acids is 1. The summed E-state index contributed by atoms with van der Waals surface area (Å²) in [4.78, 5) is 14.2. The fraction of sp³-hybridized carbons (Fsp3) is 0.917. The average molecular weight is 247 g/mol. The van der Waals surface area contributed by atoms with Crippen molar-refractivity contribution in [3.8, 4) is 0 Å². The zero-order valence-electron chi connectivity index (χ0n) is 10.3. The molecular weight excluding hydrogens is 224 g/mol. The van der Waals surface area contributed by atoms with Gasteiger partial charge in [0.15, 0.2) is 0 Å². The van der Waals surface area contributed by atoms with Gasteiger partial charge in [0.2, 0.25) is 5.91 Å². The molecule has 0 aromatic carbocycles. The molecular formula is C12H23ClN2O. The van der Waals surface area contributed by atoms with E-state index in [-0.39, 0.29) is 17.8 Å². The molecule has 2 fully saturated rings. The molecule has 0 bridgehead atoms. The minimum atomic E-state index is -0.151. The number of nitrogens with one attached hydrogen (secondary N) is 1. The molecule has 0 aromatic heterocycles. The molecule has 1 amide bonds. The summed E-state index contributed by atoms with van der Waals surface area (Å²) in [5.41, 5.74) is -0.151. The van der Waals surface area contributed by atoms with Crippen LogP contribution in [0.15, 0.2) is 0 Å². The zero-order chi connectivity index (χ0) is 10.9. The Kier molecular flexibility index (Phi) is 4.62. The van der Waals surface area contributed by atoms with Gasteiger partial charge in [-0.3, -0.25) is 4.79 Å². The number of nitrogens with zero attached hydrogens (tertiary/aromatic N) is 1. The summed E-state index contributed by atoms with van der Waals surface area (Å²) in [6.45, 7) is 4.98. The summed E-state index contributed by atoms with van der Waals surface area (Å²) < 4.78 is 0. The third kappa shape index (κ3) is 3.11. The normalized spacial score (nSPS) is 29.4. The number of hydrogen-bond donors (Lipinski definition) is 1. The first-order valence-electron chi connectivity index (χ1n) is 6.08. The van der Waals surface area contributed by atoms with Gasteiger partial charge in [-0.1, -0.05) is 0 Å². The van der Waals surface area contributed by atoms with Crippen molar-refractivity contribution in [1.29, 1.82) is 0 Å². The van der Waals surface area contributed by atoms with E-state index in [9.17, 15) is 4.79 Å². The standard InChI is InChI=1S/C12H22N2O.ClH/c1-12(6-3-7-13-9-12)11(15)14(2)8-10-4-5-10;/h10,13H,3-9H2,1-2H3;1H. The molecule has 1 atom stereocenters. The second-order valence-electron chi connectivity index (χ2n) is 5.47. The number of carbonyl (C=O) groups is 1. The van der Waals surface area contributed by atoms with E-state index in [0.717, 1.165) is 38.4 Å². The van der Waals surface area contributed by atoms with Crippen molar-refractivity contribution in [3.05, 3.63) is 0 Å². The van der Waals surface area contributed by atoms with Crippen LogP contribution in [0.4, 0.5) is 0 Å². The van der Waals surface area contributed by atoms with Crippen molar-refractivity contribution in [2.24, 2.45) is 11.3 Å². The van der Waals surface area contributed by atoms with Crippen LogP contribution < -0.4 is 5.32 Å². The van der Waals surface area contributed by atoms with Gasteiger partial charge >= 0.3 is 0 Å². The number of hydrogen-bond acceptors (Lipinski definition) is 2. The molecule has 1 saturated heterocycles. The molecule has 0 spiro atoms. The lowest BCUT2D eigenvalue weighted by atomic mass is 9.81. The van der Waals surface area contributed by atoms with Gasteiger partial charge in [0.05, 0.1) is 5.41 Å². The van der Waals surface area contributed by atoms with Gasteiger partial charge in [-0.2, -0.15) is 0 Å². The van der Waals surface area contributed by atoms with Crippen molar-refractivity contribution in [2.75, 3.05) is 26.7 Å². The molecule has 1 saturated carbocycles. The Hall–Kier alpha value is -0.280. The molecule has 1 aliphatic heterocycles. The maximum atomic E-state index is 12.3. The molecule has 16 heavy (non-hydrogen) atoms. The number of piperidine rings is 1. The number of rotatable bonds is 3. The van der Waals surface area contributed by atoms with Crippen molar-refractivity contribution in [2.45, 2.75) is 32.6 Å². The molecule has 1 N–H and O–H groups in total. The van der Waals surface area contributed by atoms with E-state index in [2.05, 4.69) is 12.2 Å². The molecule has 2 aliphatic rings. The van der Waals surface area contributed by atoms with Crippen LogP contribution in [0.25, 0.3) is 0 Å². The fourth-order valence-electron chi connectivity index (χ4n) is 2.47. The maximum Gasteiger partial charge on any atom is 0.229 e. The van der Waals surface area contributed by atoms with Crippen molar-refractivity contribution in [3.63, 3.8) is 0 Å². The Morgan fingerprint density at radius 3 is 2.69 bits per heavy atom. The van der Waals surface area contributed by atoms with Gasteiger partial charge in [0, 0.05) is 20.1 Å². The first-order valence-corrected chi connectivity index (χ1v) is 6.08. The Morgan fingerprint density at radius 2 is 2.19 bits per heavy atom. The minimum Gasteiger partial charge on any atom is -0.345 e. The summed E-state index contributed by atoms with van der Waals surface area (Å²) in [6.07, 6.45) is 4.78. The lowest BCUT2D eigenvalue weighted by Crippen LogP contribution is -2.49. The van der Waals surface area contributed by atoms with E-state index in [1.807, 2.05) is 11.9 Å². The van der Waals surface area contributed by atoms with E-state index in [1.54, 1.807) is 0 Å². The molecule has 1 unspecified atom stereocenters. The number of amides is 1. The van der Waals surface area contributed by atoms with Gasteiger partial charge in [-0.15, -0.1) is 12.4 Å². The summed E-state index contributed by atoms with van der Waals surface area (Å²) in [7, 11) is 1.96. The lowest BCUT2D eigenvalue weighted by Gasteiger charge is -2.36. The highest BCUT2D eigenvalue weighted by Crippen LogP contribution is 2.32. The Morgan fingerprint density at radius 1 is 1.50 bits per heavy atom. The first kappa shape index (κ1) is 13.8. The Bertz CT molecular complexity index is 247. The topological polar surface area (TPSA) is 32.3 Å². The van der Waals surface area contributed by atoms with Crippen LogP contribution in [0, 0.1) is 11.3 Å². The predicted octanol–water partition coefficient (Wildman–Crippen LogP) is 1.67. The van der Waals surface area contributed by atoms with E-state index in [1.165, 1.54) is 12.8 Å². The van der Waals surface area contributed by atoms with Crippen LogP contribution in [0.2, 0.25) is 0 Å². The summed E-state index contributed by atoms with van der Waals surface area (Å²) in [5.74, 6) is 1.13. The summed E-state index contributed by atoms with van der Waals surface area (Å²) >= 11 is 0. The smallest absolute Gasteiger partial charge is 0.229 e. The molecule has 1 heterocycles. The highest BCUT2D eigenvalue weighted by atomic mass is 35.5. The van der Waals surface area contributed by atoms with E-state index in [4.69, 9.17) is 0 Å². The number of halogens is 1. The third-order valence-corrected chi connectivity index (χ3v) is 3.69. The van der Waals surface area contributed by atoms with E-state index >= 15 is 0 Å². The molecule has 4 heteroatoms. The minimum absolute atomic E-state index is 0.